The highest BCUT2D eigenvalue weighted by Crippen LogP contribution is 2.17. The van der Waals surface area contributed by atoms with Crippen molar-refractivity contribution in [3.8, 4) is 0 Å². The number of pyridine rings is 1. The van der Waals surface area contributed by atoms with Crippen LogP contribution in [0.2, 0.25) is 0 Å². The van der Waals surface area contributed by atoms with Gasteiger partial charge in [0.25, 0.3) is 0 Å². The summed E-state index contributed by atoms with van der Waals surface area (Å²) in [6.45, 7) is 2.86. The minimum absolute atomic E-state index is 0.461. The van der Waals surface area contributed by atoms with Crippen LogP contribution in [0.25, 0.3) is 0 Å². The molecule has 1 aromatic heterocycles. The lowest BCUT2D eigenvalue weighted by Gasteiger charge is -2.08. The molecule has 12 heavy (non-hydrogen) atoms. The standard InChI is InChI=1S/C9H13BrN2/c1-7(4-5-11)9-3-2-8(10)6-12-9/h2-3,6-7H,4-5,11H2,1H3. The fourth-order valence-electron chi connectivity index (χ4n) is 1.08. The van der Waals surface area contributed by atoms with Gasteiger partial charge in [0.1, 0.15) is 0 Å². The Morgan fingerprint density at radius 3 is 2.83 bits per heavy atom. The van der Waals surface area contributed by atoms with Crippen LogP contribution in [0, 0.1) is 0 Å². The van der Waals surface area contributed by atoms with E-state index < -0.39 is 0 Å². The van der Waals surface area contributed by atoms with Gasteiger partial charge in [-0.3, -0.25) is 4.98 Å². The highest BCUT2D eigenvalue weighted by atomic mass is 79.9. The fraction of sp³-hybridized carbons (Fsp3) is 0.444. The van der Waals surface area contributed by atoms with Crippen molar-refractivity contribution >= 4 is 15.9 Å². The molecule has 0 fully saturated rings. The zero-order valence-corrected chi connectivity index (χ0v) is 8.71. The number of aromatic nitrogens is 1. The molecule has 0 aromatic carbocycles. The summed E-state index contributed by atoms with van der Waals surface area (Å²) in [5, 5.41) is 0. The molecule has 2 nitrogen and oxygen atoms in total. The van der Waals surface area contributed by atoms with E-state index in [-0.39, 0.29) is 0 Å². The first kappa shape index (κ1) is 9.68. The van der Waals surface area contributed by atoms with Gasteiger partial charge >= 0.3 is 0 Å². The Hall–Kier alpha value is -0.410. The minimum atomic E-state index is 0.461. The van der Waals surface area contributed by atoms with Crippen LogP contribution in [-0.4, -0.2) is 11.5 Å². The average Bonchev–Trinajstić information content (AvgIpc) is 2.06. The molecular formula is C9H13BrN2. The summed E-state index contributed by atoms with van der Waals surface area (Å²) in [6.07, 6.45) is 2.82. The molecule has 0 radical (unpaired) electrons. The van der Waals surface area contributed by atoms with Gasteiger partial charge in [-0.25, -0.2) is 0 Å². The van der Waals surface area contributed by atoms with E-state index in [1.807, 2.05) is 18.3 Å². The third kappa shape index (κ3) is 2.57. The van der Waals surface area contributed by atoms with E-state index in [9.17, 15) is 0 Å². The number of nitrogens with two attached hydrogens (primary N) is 1. The van der Waals surface area contributed by atoms with Gasteiger partial charge in [0.15, 0.2) is 0 Å². The van der Waals surface area contributed by atoms with Crippen LogP contribution < -0.4 is 5.73 Å². The van der Waals surface area contributed by atoms with Crippen LogP contribution in [0.15, 0.2) is 22.8 Å². The van der Waals surface area contributed by atoms with Gasteiger partial charge in [-0.05, 0) is 46.9 Å². The second-order valence-electron chi connectivity index (χ2n) is 2.88. The molecule has 0 saturated heterocycles. The zero-order chi connectivity index (χ0) is 8.97. The zero-order valence-electron chi connectivity index (χ0n) is 7.13. The predicted molar refractivity (Wildman–Crippen MR) is 54.0 cm³/mol. The van der Waals surface area contributed by atoms with Crippen LogP contribution in [0.5, 0.6) is 0 Å². The Morgan fingerprint density at radius 2 is 2.33 bits per heavy atom. The van der Waals surface area contributed by atoms with E-state index in [1.54, 1.807) is 0 Å². The van der Waals surface area contributed by atoms with Crippen molar-refractivity contribution in [1.82, 2.24) is 4.98 Å². The Morgan fingerprint density at radius 1 is 1.58 bits per heavy atom. The van der Waals surface area contributed by atoms with Crippen molar-refractivity contribution in [3.63, 3.8) is 0 Å². The quantitative estimate of drug-likeness (QED) is 0.863. The molecule has 1 unspecified atom stereocenters. The first-order chi connectivity index (χ1) is 5.74. The van der Waals surface area contributed by atoms with Gasteiger partial charge in [0, 0.05) is 16.4 Å². The molecule has 0 aliphatic heterocycles. The molecule has 1 heterocycles. The summed E-state index contributed by atoms with van der Waals surface area (Å²) in [7, 11) is 0. The van der Waals surface area contributed by atoms with Gasteiger partial charge in [0.05, 0.1) is 0 Å². The van der Waals surface area contributed by atoms with E-state index in [0.29, 0.717) is 5.92 Å². The molecule has 0 aliphatic rings. The lowest BCUT2D eigenvalue weighted by molar-refractivity contribution is 0.670. The highest BCUT2D eigenvalue weighted by molar-refractivity contribution is 9.10. The summed E-state index contributed by atoms with van der Waals surface area (Å²) < 4.78 is 1.02. The van der Waals surface area contributed by atoms with Crippen molar-refractivity contribution in [2.45, 2.75) is 19.3 Å². The van der Waals surface area contributed by atoms with E-state index in [1.165, 1.54) is 0 Å². The van der Waals surface area contributed by atoms with Crippen LogP contribution in [0.3, 0.4) is 0 Å². The molecule has 0 saturated carbocycles. The first-order valence-corrected chi connectivity index (χ1v) is 4.85. The lowest BCUT2D eigenvalue weighted by atomic mass is 10.0. The fourth-order valence-corrected chi connectivity index (χ4v) is 1.31. The molecule has 3 heteroatoms. The van der Waals surface area contributed by atoms with Gasteiger partial charge in [-0.15, -0.1) is 0 Å². The van der Waals surface area contributed by atoms with Crippen LogP contribution >= 0.6 is 15.9 Å². The maximum atomic E-state index is 5.46. The number of halogens is 1. The maximum absolute atomic E-state index is 5.46. The Kier molecular flexibility index (Phi) is 3.69. The number of nitrogens with zero attached hydrogens (tertiary/aromatic N) is 1. The molecular weight excluding hydrogens is 216 g/mol. The van der Waals surface area contributed by atoms with E-state index in [0.717, 1.165) is 23.1 Å². The average molecular weight is 229 g/mol. The molecule has 2 N–H and O–H groups in total. The summed E-state index contributed by atoms with van der Waals surface area (Å²) in [6, 6.07) is 4.04. The lowest BCUT2D eigenvalue weighted by Crippen LogP contribution is -2.05. The second kappa shape index (κ2) is 4.58. The van der Waals surface area contributed by atoms with Gasteiger partial charge in [-0.1, -0.05) is 6.92 Å². The predicted octanol–water partition coefficient (Wildman–Crippen LogP) is 2.30. The van der Waals surface area contributed by atoms with E-state index >= 15 is 0 Å². The largest absolute Gasteiger partial charge is 0.330 e. The van der Waals surface area contributed by atoms with E-state index in [4.69, 9.17) is 5.73 Å². The second-order valence-corrected chi connectivity index (χ2v) is 3.80. The maximum Gasteiger partial charge on any atom is 0.0433 e. The molecule has 1 aromatic rings. The Labute approximate surface area is 81.3 Å². The van der Waals surface area contributed by atoms with Gasteiger partial charge in [0.2, 0.25) is 0 Å². The monoisotopic (exact) mass is 228 g/mol. The normalized spacial score (nSPS) is 12.9. The van der Waals surface area contributed by atoms with Gasteiger partial charge in [-0.2, -0.15) is 0 Å². The summed E-state index contributed by atoms with van der Waals surface area (Å²) in [5.74, 6) is 0.461. The Balaban J connectivity index is 2.68. The third-order valence-corrected chi connectivity index (χ3v) is 2.32. The molecule has 0 spiro atoms. The molecule has 1 atom stereocenters. The molecule has 0 amide bonds. The minimum Gasteiger partial charge on any atom is -0.330 e. The molecule has 66 valence electrons. The molecule has 1 rings (SSSR count). The number of rotatable bonds is 3. The van der Waals surface area contributed by atoms with Crippen molar-refractivity contribution in [1.29, 1.82) is 0 Å². The third-order valence-electron chi connectivity index (χ3n) is 1.85. The number of hydrogen-bond donors (Lipinski definition) is 1. The summed E-state index contributed by atoms with van der Waals surface area (Å²) in [5.41, 5.74) is 6.57. The van der Waals surface area contributed by atoms with Crippen LogP contribution in [-0.2, 0) is 0 Å². The number of hydrogen-bond acceptors (Lipinski definition) is 2. The first-order valence-electron chi connectivity index (χ1n) is 4.05. The SMILES string of the molecule is CC(CCN)c1ccc(Br)cn1. The van der Waals surface area contributed by atoms with Crippen molar-refractivity contribution in [3.05, 3.63) is 28.5 Å². The van der Waals surface area contributed by atoms with Crippen LogP contribution in [0.4, 0.5) is 0 Å². The van der Waals surface area contributed by atoms with Crippen molar-refractivity contribution in [2.24, 2.45) is 5.73 Å². The smallest absolute Gasteiger partial charge is 0.0433 e. The van der Waals surface area contributed by atoms with E-state index in [2.05, 4.69) is 27.8 Å². The van der Waals surface area contributed by atoms with Crippen LogP contribution in [0.1, 0.15) is 25.0 Å². The van der Waals surface area contributed by atoms with Crippen molar-refractivity contribution < 1.29 is 0 Å². The summed E-state index contributed by atoms with van der Waals surface area (Å²) >= 11 is 3.35. The highest BCUT2D eigenvalue weighted by Gasteiger charge is 2.04. The topological polar surface area (TPSA) is 38.9 Å². The summed E-state index contributed by atoms with van der Waals surface area (Å²) in [4.78, 5) is 4.29. The van der Waals surface area contributed by atoms with Crippen molar-refractivity contribution in [2.75, 3.05) is 6.54 Å². The van der Waals surface area contributed by atoms with Gasteiger partial charge < -0.3 is 5.73 Å². The Bertz CT molecular complexity index is 233. The molecule has 0 aliphatic carbocycles. The molecule has 0 bridgehead atoms.